The van der Waals surface area contributed by atoms with Crippen LogP contribution in [0, 0.1) is 12.7 Å². The SMILES string of the molecule is Cc1ccc(CC(Br)c2c(F)cccc2Cl)nc1. The molecule has 1 aromatic heterocycles. The fourth-order valence-corrected chi connectivity index (χ4v) is 2.94. The van der Waals surface area contributed by atoms with E-state index in [1.54, 1.807) is 18.3 Å². The van der Waals surface area contributed by atoms with E-state index in [0.717, 1.165) is 11.3 Å². The Morgan fingerprint density at radius 3 is 2.72 bits per heavy atom. The van der Waals surface area contributed by atoms with Gasteiger partial charge in [0.25, 0.3) is 0 Å². The number of benzene rings is 1. The van der Waals surface area contributed by atoms with Crippen LogP contribution in [0.2, 0.25) is 5.02 Å². The Bertz CT molecular complexity index is 522. The molecule has 1 unspecified atom stereocenters. The molecule has 0 amide bonds. The Kier molecular flexibility index (Phi) is 4.36. The van der Waals surface area contributed by atoms with Crippen LogP contribution in [0.15, 0.2) is 36.5 Å². The number of pyridine rings is 1. The largest absolute Gasteiger partial charge is 0.261 e. The minimum atomic E-state index is -0.295. The average molecular weight is 329 g/mol. The van der Waals surface area contributed by atoms with E-state index in [0.29, 0.717) is 17.0 Å². The van der Waals surface area contributed by atoms with Crippen molar-refractivity contribution in [1.29, 1.82) is 0 Å². The van der Waals surface area contributed by atoms with Gasteiger partial charge in [-0.05, 0) is 30.7 Å². The topological polar surface area (TPSA) is 12.9 Å². The minimum Gasteiger partial charge on any atom is -0.261 e. The second-order valence-electron chi connectivity index (χ2n) is 4.13. The highest BCUT2D eigenvalue weighted by Crippen LogP contribution is 2.33. The van der Waals surface area contributed by atoms with Crippen LogP contribution in [-0.4, -0.2) is 4.98 Å². The van der Waals surface area contributed by atoms with Crippen LogP contribution in [0.5, 0.6) is 0 Å². The van der Waals surface area contributed by atoms with Crippen molar-refractivity contribution in [2.75, 3.05) is 0 Å². The monoisotopic (exact) mass is 327 g/mol. The van der Waals surface area contributed by atoms with Crippen LogP contribution in [0.25, 0.3) is 0 Å². The van der Waals surface area contributed by atoms with Crippen molar-refractivity contribution < 1.29 is 4.39 Å². The zero-order valence-electron chi connectivity index (χ0n) is 9.83. The molecule has 0 saturated carbocycles. The van der Waals surface area contributed by atoms with E-state index in [9.17, 15) is 4.39 Å². The number of nitrogens with zero attached hydrogens (tertiary/aromatic N) is 1. The number of hydrogen-bond acceptors (Lipinski definition) is 1. The molecule has 0 aliphatic rings. The maximum Gasteiger partial charge on any atom is 0.129 e. The van der Waals surface area contributed by atoms with Crippen LogP contribution < -0.4 is 0 Å². The zero-order chi connectivity index (χ0) is 13.1. The Balaban J connectivity index is 2.22. The first-order valence-electron chi connectivity index (χ1n) is 5.57. The van der Waals surface area contributed by atoms with Gasteiger partial charge in [-0.2, -0.15) is 0 Å². The van der Waals surface area contributed by atoms with Gasteiger partial charge in [-0.15, -0.1) is 0 Å². The summed E-state index contributed by atoms with van der Waals surface area (Å²) in [6.45, 7) is 1.98. The maximum atomic E-state index is 13.7. The van der Waals surface area contributed by atoms with Crippen molar-refractivity contribution in [3.63, 3.8) is 0 Å². The molecule has 0 N–H and O–H groups in total. The standard InChI is InChI=1S/C14H12BrClFN/c1-9-5-6-10(18-8-9)7-11(15)14-12(16)3-2-4-13(14)17/h2-6,8,11H,7H2,1H3. The summed E-state index contributed by atoms with van der Waals surface area (Å²) in [5.74, 6) is -0.295. The Morgan fingerprint density at radius 1 is 1.33 bits per heavy atom. The summed E-state index contributed by atoms with van der Waals surface area (Å²) in [4.78, 5) is 4.13. The molecule has 1 nitrogen and oxygen atoms in total. The first-order valence-corrected chi connectivity index (χ1v) is 6.87. The molecule has 2 rings (SSSR count). The lowest BCUT2D eigenvalue weighted by molar-refractivity contribution is 0.607. The molecule has 1 aromatic carbocycles. The molecule has 0 fully saturated rings. The quantitative estimate of drug-likeness (QED) is 0.733. The van der Waals surface area contributed by atoms with Crippen molar-refractivity contribution in [3.05, 3.63) is 64.2 Å². The summed E-state index contributed by atoms with van der Waals surface area (Å²) < 4.78 is 13.7. The molecule has 0 saturated heterocycles. The average Bonchev–Trinajstić information content (AvgIpc) is 2.32. The Hall–Kier alpha value is -0.930. The number of halogens is 3. The van der Waals surface area contributed by atoms with E-state index in [1.807, 2.05) is 19.1 Å². The molecule has 94 valence electrons. The van der Waals surface area contributed by atoms with Crippen LogP contribution in [0.3, 0.4) is 0 Å². The summed E-state index contributed by atoms with van der Waals surface area (Å²) in [5, 5.41) is 0.434. The van der Waals surface area contributed by atoms with Crippen LogP contribution in [-0.2, 0) is 6.42 Å². The molecule has 0 bridgehead atoms. The van der Waals surface area contributed by atoms with Crippen LogP contribution >= 0.6 is 27.5 Å². The van der Waals surface area contributed by atoms with Gasteiger partial charge in [0.1, 0.15) is 5.82 Å². The number of rotatable bonds is 3. The van der Waals surface area contributed by atoms with E-state index in [-0.39, 0.29) is 10.6 Å². The summed E-state index contributed by atoms with van der Waals surface area (Å²) in [5.41, 5.74) is 2.50. The van der Waals surface area contributed by atoms with Gasteiger partial charge in [0.05, 0.1) is 0 Å². The predicted octanol–water partition coefficient (Wildman–Crippen LogP) is 4.86. The molecule has 0 radical (unpaired) electrons. The van der Waals surface area contributed by atoms with Crippen molar-refractivity contribution in [2.45, 2.75) is 18.2 Å². The van der Waals surface area contributed by atoms with E-state index in [2.05, 4.69) is 20.9 Å². The van der Waals surface area contributed by atoms with E-state index in [4.69, 9.17) is 11.6 Å². The lowest BCUT2D eigenvalue weighted by atomic mass is 10.1. The maximum absolute atomic E-state index is 13.7. The second kappa shape index (κ2) is 5.81. The Labute approximate surface area is 119 Å². The van der Waals surface area contributed by atoms with Crippen molar-refractivity contribution in [3.8, 4) is 0 Å². The smallest absolute Gasteiger partial charge is 0.129 e. The summed E-state index contributed by atoms with van der Waals surface area (Å²) in [7, 11) is 0. The first-order chi connectivity index (χ1) is 8.58. The molecule has 1 heterocycles. The number of aryl methyl sites for hydroxylation is 1. The van der Waals surface area contributed by atoms with E-state index in [1.165, 1.54) is 6.07 Å². The summed E-state index contributed by atoms with van der Waals surface area (Å²) in [6, 6.07) is 8.64. The first kappa shape index (κ1) is 13.5. The zero-order valence-corrected chi connectivity index (χ0v) is 12.2. The molecule has 0 aliphatic heterocycles. The summed E-state index contributed by atoms with van der Waals surface area (Å²) in [6.07, 6.45) is 2.40. The third-order valence-corrected chi connectivity index (χ3v) is 3.79. The lowest BCUT2D eigenvalue weighted by Gasteiger charge is -2.12. The molecule has 0 spiro atoms. The van der Waals surface area contributed by atoms with Gasteiger partial charge in [-0.25, -0.2) is 4.39 Å². The normalized spacial score (nSPS) is 12.4. The third-order valence-electron chi connectivity index (χ3n) is 2.67. The Morgan fingerprint density at radius 2 is 2.11 bits per heavy atom. The third kappa shape index (κ3) is 3.09. The van der Waals surface area contributed by atoms with Gasteiger partial charge >= 0.3 is 0 Å². The summed E-state index contributed by atoms with van der Waals surface area (Å²) >= 11 is 9.50. The van der Waals surface area contributed by atoms with Gasteiger partial charge in [0, 0.05) is 33.7 Å². The van der Waals surface area contributed by atoms with Crippen molar-refractivity contribution in [1.82, 2.24) is 4.98 Å². The predicted molar refractivity (Wildman–Crippen MR) is 75.8 cm³/mol. The lowest BCUT2D eigenvalue weighted by Crippen LogP contribution is -2.01. The highest BCUT2D eigenvalue weighted by Gasteiger charge is 2.17. The number of hydrogen-bond donors (Lipinski definition) is 0. The van der Waals surface area contributed by atoms with E-state index >= 15 is 0 Å². The van der Waals surface area contributed by atoms with Gasteiger partial charge < -0.3 is 0 Å². The van der Waals surface area contributed by atoms with Gasteiger partial charge in [-0.3, -0.25) is 4.98 Å². The highest BCUT2D eigenvalue weighted by atomic mass is 79.9. The van der Waals surface area contributed by atoms with Crippen molar-refractivity contribution in [2.24, 2.45) is 0 Å². The fraction of sp³-hybridized carbons (Fsp3) is 0.214. The molecule has 0 aliphatic carbocycles. The molecule has 4 heteroatoms. The minimum absolute atomic E-state index is 0.179. The van der Waals surface area contributed by atoms with Crippen LogP contribution in [0.1, 0.15) is 21.6 Å². The molecular weight excluding hydrogens is 317 g/mol. The van der Waals surface area contributed by atoms with Crippen molar-refractivity contribution >= 4 is 27.5 Å². The van der Waals surface area contributed by atoms with Gasteiger partial charge in [0.15, 0.2) is 0 Å². The number of aromatic nitrogens is 1. The van der Waals surface area contributed by atoms with E-state index < -0.39 is 0 Å². The highest BCUT2D eigenvalue weighted by molar-refractivity contribution is 9.09. The molecule has 1 atom stereocenters. The fourth-order valence-electron chi connectivity index (χ4n) is 1.71. The van der Waals surface area contributed by atoms with Gasteiger partial charge in [-0.1, -0.05) is 39.7 Å². The number of alkyl halides is 1. The van der Waals surface area contributed by atoms with Gasteiger partial charge in [0.2, 0.25) is 0 Å². The van der Waals surface area contributed by atoms with Crippen LogP contribution in [0.4, 0.5) is 4.39 Å². The molecule has 18 heavy (non-hydrogen) atoms. The molecular formula is C14H12BrClFN. The second-order valence-corrected chi connectivity index (χ2v) is 5.65. The molecule has 2 aromatic rings.